The van der Waals surface area contributed by atoms with Crippen molar-refractivity contribution in [2.45, 2.75) is 84.0 Å². The van der Waals surface area contributed by atoms with Gasteiger partial charge in [0.25, 0.3) is 0 Å². The molecule has 0 radical (unpaired) electrons. The zero-order chi connectivity index (χ0) is 50.4. The van der Waals surface area contributed by atoms with Gasteiger partial charge in [-0.1, -0.05) is 46.3 Å². The molecule has 0 unspecified atom stereocenters. The Bertz CT molecular complexity index is 2920. The van der Waals surface area contributed by atoms with E-state index in [0.29, 0.717) is 19.3 Å². The summed E-state index contributed by atoms with van der Waals surface area (Å²) in [5.74, 6) is -5.64. The molecule has 0 aliphatic rings. The third-order valence-corrected chi connectivity index (χ3v) is 78.8. The second kappa shape index (κ2) is 73.5. The topological polar surface area (TPSA) is 43.4 Å². The van der Waals surface area contributed by atoms with Crippen molar-refractivity contribution >= 4 is 375 Å². The van der Waals surface area contributed by atoms with Crippen molar-refractivity contribution in [3.63, 3.8) is 0 Å². The normalized spacial score (nSPS) is 8.78. The first-order valence-electron chi connectivity index (χ1n) is 14.4. The van der Waals surface area contributed by atoms with E-state index in [9.17, 15) is 35.9 Å². The van der Waals surface area contributed by atoms with Crippen LogP contribution in [-0.4, -0.2) is 38.9 Å². The van der Waals surface area contributed by atoms with E-state index >= 15 is 0 Å². The first-order valence-corrected chi connectivity index (χ1v) is 67.3. The molecule has 0 aromatic heterocycles. The van der Waals surface area contributed by atoms with Gasteiger partial charge in [0, 0.05) is 368 Å². The number of unbranched alkanes of at least 4 members (excludes halogenated alkanes) is 2. The van der Waals surface area contributed by atoms with Gasteiger partial charge in [-0.2, -0.15) is 26.3 Å². The predicted octanol–water partition coefficient (Wildman–Crippen LogP) is -0.00190. The van der Waals surface area contributed by atoms with Crippen molar-refractivity contribution in [3.8, 4) is 0 Å². The summed E-state index contributed by atoms with van der Waals surface area (Å²) in [7, 11) is 58.4. The number of carbonyl (C=O) groups is 2. The molecule has 0 saturated heterocycles. The minimum atomic E-state index is -4.63. The maximum atomic E-state index is 11.6. The zero-order valence-corrected chi connectivity index (χ0v) is 72.7. The van der Waals surface area contributed by atoms with Gasteiger partial charge in [0.05, 0.1) is 7.11 Å². The molecule has 0 spiro atoms. The Labute approximate surface area is 566 Å². The molecule has 0 amide bonds. The third-order valence-electron chi connectivity index (χ3n) is 3.80. The van der Waals surface area contributed by atoms with Gasteiger partial charge in [-0.25, -0.2) is 0 Å². The average Bonchev–Trinajstić information content (AvgIpc) is 3.25. The second-order valence-electron chi connectivity index (χ2n) is 8.83. The molecule has 400 valence electrons. The zero-order valence-electron chi connectivity index (χ0n) is 33.5. The Morgan fingerprint density at radius 2 is 0.612 bits per heavy atom. The fraction of sp³-hybridized carbons (Fsp3) is 0.875. The number of alkyl halides is 6. The summed E-state index contributed by atoms with van der Waals surface area (Å²) in [6.07, 6.45) is -1.52. The standard InChI is InChI=1S/C6H9F3O.C6H12O2.C4H9F3Si.Cs.FH.S20.S19/c1-2-3-4-5(10)6(7,8)9;1-3-4-5-6(7)8-2;1-8(2,3)4(5,6)7;;;1-3-5-7-9-11-13-15-17-19-20-18-16-14-12-10-8-6-4-2;1-3-5-7-9-11-13-15-17-19-18-16-14-12-10-8-6-4-2/h2-4H2,1H3;3-5H2,1-2H3;1-3H3;;1H;;/q;;;+1;;;/p-1. The molecule has 0 rings (SSSR count). The summed E-state index contributed by atoms with van der Waals surface area (Å²) in [4.78, 5) is 20.4. The van der Waals surface area contributed by atoms with Gasteiger partial charge < -0.3 is 9.44 Å². The van der Waals surface area contributed by atoms with Crippen LogP contribution in [0.5, 0.6) is 0 Å². The first-order chi connectivity index (χ1) is 30.9. The summed E-state index contributed by atoms with van der Waals surface area (Å²) in [6.45, 7) is 7.64. The molecule has 3 nitrogen and oxygen atoms in total. The number of ether oxygens (including phenoxy) is 1. The van der Waals surface area contributed by atoms with Gasteiger partial charge >= 0.3 is 86.8 Å². The molecule has 0 aromatic rings. The molecule has 0 saturated carbocycles. The summed E-state index contributed by atoms with van der Waals surface area (Å²) in [6, 6.07) is 0. The van der Waals surface area contributed by atoms with Crippen LogP contribution in [0.1, 0.15) is 52.4 Å². The predicted molar refractivity (Wildman–Crippen MR) is 379 cm³/mol. The summed E-state index contributed by atoms with van der Waals surface area (Å²) >= 11 is 19.0. The number of halogens is 7. The molecule has 0 heterocycles. The molecular weight excluding hydrogens is 1780 g/mol. The van der Waals surface area contributed by atoms with Crippen LogP contribution < -0.4 is 73.6 Å². The second-order valence-corrected chi connectivity index (χ2v) is 75.8. The molecule has 0 atom stereocenters. The van der Waals surface area contributed by atoms with Crippen molar-refractivity contribution in [3.05, 3.63) is 0 Å². The van der Waals surface area contributed by atoms with E-state index in [1.165, 1.54) is 62.3 Å². The maximum Gasteiger partial charge on any atom is 1.00 e. The molecule has 67 heavy (non-hydrogen) atoms. The number of rotatable bonds is 6. The minimum absolute atomic E-state index is 0. The van der Waals surface area contributed by atoms with Crippen molar-refractivity contribution in [1.29, 1.82) is 0 Å². The summed E-state index contributed by atoms with van der Waals surface area (Å²) < 4.78 is 73.6. The van der Waals surface area contributed by atoms with E-state index in [2.05, 4.69) is 4.74 Å². The first kappa shape index (κ1) is 90.3. The van der Waals surface area contributed by atoms with E-state index in [0.717, 1.165) is 12.8 Å². The summed E-state index contributed by atoms with van der Waals surface area (Å²) in [5.41, 5.74) is 0. The molecule has 0 aliphatic heterocycles. The van der Waals surface area contributed by atoms with E-state index < -0.39 is 25.8 Å². The van der Waals surface area contributed by atoms with E-state index in [1.807, 2.05) is 6.92 Å². The Balaban J connectivity index is -0.000000141. The van der Waals surface area contributed by atoms with Crippen LogP contribution in [0.4, 0.5) is 26.3 Å². The van der Waals surface area contributed by atoms with E-state index in [-0.39, 0.29) is 86.0 Å². The van der Waals surface area contributed by atoms with Crippen LogP contribution in [-0.2, 0) is 370 Å². The fourth-order valence-corrected chi connectivity index (χ4v) is 86.3. The van der Waals surface area contributed by atoms with Crippen molar-refractivity contribution in [2.24, 2.45) is 0 Å². The number of methoxy groups -OCH3 is 1. The monoisotopic (exact) mass is 1810 g/mol. The van der Waals surface area contributed by atoms with Crippen LogP contribution >= 0.6 is 0 Å². The van der Waals surface area contributed by atoms with Crippen LogP contribution in [0.15, 0.2) is 0 Å². The van der Waals surface area contributed by atoms with Crippen molar-refractivity contribution < 1.29 is 114 Å². The largest absolute Gasteiger partial charge is 1.00 e. The van der Waals surface area contributed by atoms with Gasteiger partial charge in [0.2, 0.25) is 5.78 Å². The number of ketones is 1. The Hall–Kier alpha value is 9.50. The van der Waals surface area contributed by atoms with Gasteiger partial charge in [-0.05, 0) is 12.8 Å². The minimum Gasteiger partial charge on any atom is -1.00 e. The molecular formula is C16H30CsF7O3S39Si. The van der Waals surface area contributed by atoms with Crippen LogP contribution in [0.25, 0.3) is 0 Å². The smallest absolute Gasteiger partial charge is 1.00 e. The average molecular weight is 1820 g/mol. The molecule has 0 fully saturated rings. The van der Waals surface area contributed by atoms with Gasteiger partial charge in [-0.3, -0.25) is 9.59 Å². The third kappa shape index (κ3) is 89.5. The quantitative estimate of drug-likeness (QED) is 0.211. The van der Waals surface area contributed by atoms with Crippen LogP contribution in [0, 0.1) is 0 Å². The Morgan fingerprint density at radius 1 is 0.433 bits per heavy atom. The maximum absolute atomic E-state index is 11.6. The number of carbonyl (C=O) groups excluding carboxylic acids is 2. The molecule has 0 N–H and O–H groups in total. The summed E-state index contributed by atoms with van der Waals surface area (Å²) in [5, 5.41) is 0. The molecule has 0 aliphatic carbocycles. The number of hydrogen-bond acceptors (Lipinski definition) is 7. The van der Waals surface area contributed by atoms with Crippen molar-refractivity contribution in [1.82, 2.24) is 0 Å². The number of hydrogen-bond donors (Lipinski definition) is 0. The Kier molecular flexibility index (Phi) is 99.1. The Morgan fingerprint density at radius 3 is 0.746 bits per heavy atom. The van der Waals surface area contributed by atoms with Crippen LogP contribution in [0.2, 0.25) is 19.6 Å². The van der Waals surface area contributed by atoms with Crippen LogP contribution in [0.3, 0.4) is 0 Å². The van der Waals surface area contributed by atoms with E-state index in [1.54, 1.807) is 282 Å². The van der Waals surface area contributed by atoms with Crippen molar-refractivity contribution in [2.75, 3.05) is 7.11 Å². The van der Waals surface area contributed by atoms with Gasteiger partial charge in [0.15, 0.2) is 8.07 Å². The van der Waals surface area contributed by atoms with E-state index in [4.69, 9.17) is 44.8 Å². The van der Waals surface area contributed by atoms with Gasteiger partial charge in [0.1, 0.15) is 0 Å². The number of esters is 1. The molecule has 51 heteroatoms. The fourth-order valence-electron chi connectivity index (χ4n) is 1.25. The molecule has 0 aromatic carbocycles. The molecule has 0 bridgehead atoms. The number of Topliss-reactive ketones (excluding diaryl/α,β-unsaturated/α-hetero) is 1. The SMILES string of the molecule is CCCCC(=O)C(F)(F)F.CCCCC(=O)OC.C[Si](C)(C)C(F)(F)F.S=S=S=S=S=S=S=S=S=S=S=S=S=S=S=S=S=S=S.S=S=S=S=S=S=S=S=S=S=S=S=S=S=S=S=S=S=S=S.[Cs+].[F-]. The van der Waals surface area contributed by atoms with Gasteiger partial charge in [-0.15, -0.1) is 0 Å².